The molecule has 0 saturated heterocycles. The molecule has 3 aromatic rings. The molecule has 0 aliphatic heterocycles. The maximum atomic E-state index is 12.5. The van der Waals surface area contributed by atoms with E-state index in [-0.39, 0.29) is 19.0 Å². The molecule has 0 radical (unpaired) electrons. The first-order valence-corrected chi connectivity index (χ1v) is 9.35. The number of para-hydroxylation sites is 1. The molecule has 0 amide bonds. The van der Waals surface area contributed by atoms with Gasteiger partial charge in [0.1, 0.15) is 12.2 Å². The van der Waals surface area contributed by atoms with Gasteiger partial charge in [0, 0.05) is 10.3 Å². The molecule has 0 unspecified atom stereocenters. The van der Waals surface area contributed by atoms with E-state index in [4.69, 9.17) is 13.9 Å². The normalized spacial score (nSPS) is 10.7. The number of furan rings is 1. The van der Waals surface area contributed by atoms with Crippen LogP contribution in [0.1, 0.15) is 33.4 Å². The Morgan fingerprint density at radius 1 is 1.00 bits per heavy atom. The first-order valence-electron chi connectivity index (χ1n) is 8.13. The highest BCUT2D eigenvalue weighted by Gasteiger charge is 2.23. The maximum absolute atomic E-state index is 12.5. The van der Waals surface area contributed by atoms with Gasteiger partial charge in [-0.25, -0.2) is 9.59 Å². The van der Waals surface area contributed by atoms with E-state index in [0.717, 1.165) is 10.3 Å². The minimum Gasteiger partial charge on any atom is -0.460 e. The van der Waals surface area contributed by atoms with Crippen LogP contribution in [-0.2, 0) is 16.1 Å². The third-order valence-electron chi connectivity index (χ3n) is 3.83. The molecular weight excluding hydrogens is 352 g/mol. The summed E-state index contributed by atoms with van der Waals surface area (Å²) in [6, 6.07) is 14.4. The highest BCUT2D eigenvalue weighted by atomic mass is 32.2. The number of hydrogen-bond acceptors (Lipinski definition) is 6. The number of esters is 2. The van der Waals surface area contributed by atoms with Gasteiger partial charge < -0.3 is 13.9 Å². The molecule has 1 aromatic heterocycles. The van der Waals surface area contributed by atoms with Gasteiger partial charge in [0.25, 0.3) is 0 Å². The second-order valence-corrected chi connectivity index (χ2v) is 6.25. The predicted octanol–water partition coefficient (Wildman–Crippen LogP) is 4.69. The topological polar surface area (TPSA) is 65.7 Å². The predicted molar refractivity (Wildman–Crippen MR) is 99.5 cm³/mol. The van der Waals surface area contributed by atoms with Gasteiger partial charge in [-0.2, -0.15) is 0 Å². The number of ether oxygens (including phenoxy) is 2. The minimum absolute atomic E-state index is 0.0685. The third-order valence-corrected chi connectivity index (χ3v) is 4.63. The summed E-state index contributed by atoms with van der Waals surface area (Å²) in [6.07, 6.45) is 1.90. The lowest BCUT2D eigenvalue weighted by Gasteiger charge is -2.08. The minimum atomic E-state index is -0.570. The molecule has 134 valence electrons. The van der Waals surface area contributed by atoms with Gasteiger partial charge in [0.15, 0.2) is 0 Å². The summed E-state index contributed by atoms with van der Waals surface area (Å²) in [5.41, 5.74) is 1.55. The number of carbonyl (C=O) groups excluding carboxylic acids is 2. The molecule has 0 saturated carbocycles. The molecule has 0 aliphatic carbocycles. The molecular formula is C20H18O5S. The SMILES string of the molecule is CCOC(=O)c1oc2ccccc2c1COC(=O)c1ccccc1SC. The van der Waals surface area contributed by atoms with Crippen LogP contribution in [0.4, 0.5) is 0 Å². The van der Waals surface area contributed by atoms with Crippen molar-refractivity contribution in [2.75, 3.05) is 12.9 Å². The van der Waals surface area contributed by atoms with Crippen LogP contribution in [0.25, 0.3) is 11.0 Å². The quantitative estimate of drug-likeness (QED) is 0.463. The van der Waals surface area contributed by atoms with Crippen molar-refractivity contribution in [2.24, 2.45) is 0 Å². The summed E-state index contributed by atoms with van der Waals surface area (Å²) in [6.45, 7) is 1.88. The van der Waals surface area contributed by atoms with Crippen LogP contribution in [0.3, 0.4) is 0 Å². The van der Waals surface area contributed by atoms with Crippen molar-refractivity contribution in [1.82, 2.24) is 0 Å². The van der Waals surface area contributed by atoms with Crippen LogP contribution in [0.5, 0.6) is 0 Å². The Balaban J connectivity index is 1.89. The van der Waals surface area contributed by atoms with E-state index in [9.17, 15) is 9.59 Å². The van der Waals surface area contributed by atoms with E-state index in [0.29, 0.717) is 16.7 Å². The van der Waals surface area contributed by atoms with E-state index >= 15 is 0 Å². The molecule has 26 heavy (non-hydrogen) atoms. The Hall–Kier alpha value is -2.73. The van der Waals surface area contributed by atoms with Gasteiger partial charge in [0.05, 0.1) is 17.7 Å². The Labute approximate surface area is 155 Å². The molecule has 0 bridgehead atoms. The summed E-state index contributed by atoms with van der Waals surface area (Å²) in [4.78, 5) is 25.5. The molecule has 3 rings (SSSR count). The molecule has 0 aliphatic rings. The molecule has 0 spiro atoms. The zero-order valence-corrected chi connectivity index (χ0v) is 15.3. The van der Waals surface area contributed by atoms with Gasteiger partial charge in [-0.05, 0) is 31.4 Å². The van der Waals surface area contributed by atoms with Crippen LogP contribution >= 0.6 is 11.8 Å². The number of benzene rings is 2. The first-order chi connectivity index (χ1) is 12.7. The van der Waals surface area contributed by atoms with Gasteiger partial charge in [-0.1, -0.05) is 30.3 Å². The van der Waals surface area contributed by atoms with Gasteiger partial charge in [0.2, 0.25) is 5.76 Å². The molecule has 0 atom stereocenters. The molecule has 5 nitrogen and oxygen atoms in total. The number of fused-ring (bicyclic) bond motifs is 1. The second-order valence-electron chi connectivity index (χ2n) is 5.40. The van der Waals surface area contributed by atoms with Crippen LogP contribution in [0.15, 0.2) is 57.8 Å². The van der Waals surface area contributed by atoms with Gasteiger partial charge in [-0.15, -0.1) is 11.8 Å². The highest BCUT2D eigenvalue weighted by Crippen LogP contribution is 2.28. The molecule has 6 heteroatoms. The third kappa shape index (κ3) is 3.60. The summed E-state index contributed by atoms with van der Waals surface area (Å²) in [5, 5.41) is 0.724. The lowest BCUT2D eigenvalue weighted by atomic mass is 10.1. The summed E-state index contributed by atoms with van der Waals surface area (Å²) in [7, 11) is 0. The van der Waals surface area contributed by atoms with Crippen molar-refractivity contribution in [1.29, 1.82) is 0 Å². The van der Waals surface area contributed by atoms with Crippen molar-refractivity contribution in [3.05, 3.63) is 65.4 Å². The van der Waals surface area contributed by atoms with Gasteiger partial charge in [-0.3, -0.25) is 0 Å². The van der Waals surface area contributed by atoms with Crippen molar-refractivity contribution in [3.63, 3.8) is 0 Å². The number of rotatable bonds is 6. The average Bonchev–Trinajstić information content (AvgIpc) is 3.05. The first kappa shape index (κ1) is 18.1. The van der Waals surface area contributed by atoms with Crippen molar-refractivity contribution < 1.29 is 23.5 Å². The van der Waals surface area contributed by atoms with Crippen molar-refractivity contribution >= 4 is 34.7 Å². The smallest absolute Gasteiger partial charge is 0.374 e. The molecule has 0 N–H and O–H groups in total. The monoisotopic (exact) mass is 370 g/mol. The summed E-state index contributed by atoms with van der Waals surface area (Å²) in [5.74, 6) is -0.951. The summed E-state index contributed by atoms with van der Waals surface area (Å²) < 4.78 is 16.1. The van der Waals surface area contributed by atoms with E-state index < -0.39 is 11.9 Å². The van der Waals surface area contributed by atoms with E-state index in [2.05, 4.69) is 0 Å². The second kappa shape index (κ2) is 8.10. The fourth-order valence-corrected chi connectivity index (χ4v) is 3.22. The molecule has 0 fully saturated rings. The van der Waals surface area contributed by atoms with E-state index in [1.165, 1.54) is 11.8 Å². The van der Waals surface area contributed by atoms with Crippen LogP contribution < -0.4 is 0 Å². The number of hydrogen-bond donors (Lipinski definition) is 0. The Morgan fingerprint density at radius 2 is 1.73 bits per heavy atom. The van der Waals surface area contributed by atoms with E-state index in [1.807, 2.05) is 36.6 Å². The number of thioether (sulfide) groups is 1. The zero-order valence-electron chi connectivity index (χ0n) is 14.5. The van der Waals surface area contributed by atoms with Crippen molar-refractivity contribution in [3.8, 4) is 0 Å². The Kier molecular flexibility index (Phi) is 5.63. The van der Waals surface area contributed by atoms with Crippen LogP contribution in [0.2, 0.25) is 0 Å². The lowest BCUT2D eigenvalue weighted by Crippen LogP contribution is -2.10. The lowest BCUT2D eigenvalue weighted by molar-refractivity contribution is 0.0433. The average molecular weight is 370 g/mol. The zero-order chi connectivity index (χ0) is 18.5. The summed E-state index contributed by atoms with van der Waals surface area (Å²) >= 11 is 1.47. The van der Waals surface area contributed by atoms with Gasteiger partial charge >= 0.3 is 11.9 Å². The fraction of sp³-hybridized carbons (Fsp3) is 0.200. The maximum Gasteiger partial charge on any atom is 0.374 e. The largest absolute Gasteiger partial charge is 0.460 e. The highest BCUT2D eigenvalue weighted by molar-refractivity contribution is 7.98. The molecule has 2 aromatic carbocycles. The standard InChI is InChI=1S/C20H18O5S/c1-3-23-20(22)18-15(13-8-4-6-10-16(13)25-18)12-24-19(21)14-9-5-7-11-17(14)26-2/h4-11H,3,12H2,1-2H3. The number of carbonyl (C=O) groups is 2. The van der Waals surface area contributed by atoms with Crippen molar-refractivity contribution in [2.45, 2.75) is 18.4 Å². The van der Waals surface area contributed by atoms with Crippen LogP contribution in [0, 0.1) is 0 Å². The van der Waals surface area contributed by atoms with E-state index in [1.54, 1.807) is 25.1 Å². The Bertz CT molecular complexity index is 944. The Morgan fingerprint density at radius 3 is 2.50 bits per heavy atom. The fourth-order valence-electron chi connectivity index (χ4n) is 2.63. The molecule has 1 heterocycles. The van der Waals surface area contributed by atoms with Crippen LogP contribution in [-0.4, -0.2) is 24.8 Å².